The molecule has 1 fully saturated rings. The zero-order chi connectivity index (χ0) is 16.0. The van der Waals surface area contributed by atoms with Crippen molar-refractivity contribution in [3.63, 3.8) is 0 Å². The third-order valence-corrected chi connectivity index (χ3v) is 3.91. The summed E-state index contributed by atoms with van der Waals surface area (Å²) in [6.45, 7) is 4.24. The summed E-state index contributed by atoms with van der Waals surface area (Å²) in [5.74, 6) is -1.32. The van der Waals surface area contributed by atoms with E-state index in [1.807, 2.05) is 0 Å². The van der Waals surface area contributed by atoms with Gasteiger partial charge in [0.05, 0.1) is 0 Å². The molecule has 1 aliphatic rings. The largest absolute Gasteiger partial charge is 0.480 e. The summed E-state index contributed by atoms with van der Waals surface area (Å²) in [7, 11) is 0. The van der Waals surface area contributed by atoms with E-state index < -0.39 is 31.1 Å². The molecule has 7 heteroatoms. The first-order valence-corrected chi connectivity index (χ1v) is 7.28. The van der Waals surface area contributed by atoms with Gasteiger partial charge in [-0.1, -0.05) is 13.8 Å². The molecule has 2 N–H and O–H groups in total. The van der Waals surface area contributed by atoms with Crippen LogP contribution in [-0.2, 0) is 9.59 Å². The van der Waals surface area contributed by atoms with Crippen LogP contribution in [-0.4, -0.2) is 64.2 Å². The summed E-state index contributed by atoms with van der Waals surface area (Å²) in [6.07, 6.45) is 2.78. The highest BCUT2D eigenvalue weighted by molar-refractivity contribution is 5.84. The van der Waals surface area contributed by atoms with Crippen LogP contribution in [0.1, 0.15) is 33.1 Å². The Hall–Kier alpha value is -1.79. The van der Waals surface area contributed by atoms with Crippen molar-refractivity contribution >= 4 is 18.0 Å². The maximum atomic E-state index is 12.3. The Morgan fingerprint density at radius 2 is 1.67 bits per heavy atom. The number of carbonyl (C=O) groups excluding carboxylic acids is 1. The number of hydrogen-bond donors (Lipinski definition) is 2. The topological polar surface area (TPSA) is 98.2 Å². The molecule has 1 rings (SSSR count). The van der Waals surface area contributed by atoms with Crippen molar-refractivity contribution in [3.8, 4) is 0 Å². The van der Waals surface area contributed by atoms with Crippen LogP contribution in [0.25, 0.3) is 0 Å². The monoisotopic (exact) mass is 300 g/mol. The highest BCUT2D eigenvalue weighted by atomic mass is 16.4. The van der Waals surface area contributed by atoms with Gasteiger partial charge in [0.1, 0.15) is 13.1 Å². The van der Waals surface area contributed by atoms with Gasteiger partial charge in [-0.3, -0.25) is 9.59 Å². The number of aliphatic carboxylic acids is 2. The number of carboxylic acids is 2. The second-order valence-electron chi connectivity index (χ2n) is 5.85. The molecule has 1 atom stereocenters. The van der Waals surface area contributed by atoms with Crippen LogP contribution in [0.3, 0.4) is 0 Å². The molecule has 7 nitrogen and oxygen atoms in total. The van der Waals surface area contributed by atoms with E-state index in [-0.39, 0.29) is 0 Å². The summed E-state index contributed by atoms with van der Waals surface area (Å²) in [5.41, 5.74) is 0. The van der Waals surface area contributed by atoms with Crippen molar-refractivity contribution in [2.45, 2.75) is 33.1 Å². The number of rotatable bonds is 5. The molecule has 2 amide bonds. The fourth-order valence-corrected chi connectivity index (χ4v) is 2.70. The van der Waals surface area contributed by atoms with Crippen LogP contribution in [0, 0.1) is 11.8 Å². The molecule has 1 aliphatic heterocycles. The molecule has 120 valence electrons. The Bertz CT molecular complexity index is 381. The van der Waals surface area contributed by atoms with Crippen LogP contribution in [0.5, 0.6) is 0 Å². The Balaban J connectivity index is 2.69. The van der Waals surface area contributed by atoms with Gasteiger partial charge < -0.3 is 20.0 Å². The van der Waals surface area contributed by atoms with Gasteiger partial charge in [0.15, 0.2) is 0 Å². The van der Waals surface area contributed by atoms with E-state index in [2.05, 4.69) is 13.8 Å². The van der Waals surface area contributed by atoms with Crippen molar-refractivity contribution in [3.05, 3.63) is 0 Å². The molecule has 0 bridgehead atoms. The predicted molar refractivity (Wildman–Crippen MR) is 76.0 cm³/mol. The minimum atomic E-state index is -1.21. The number of carboxylic acid groups (broad SMARTS) is 2. The second-order valence-corrected chi connectivity index (χ2v) is 5.85. The minimum Gasteiger partial charge on any atom is -0.480 e. The second kappa shape index (κ2) is 7.85. The third-order valence-electron chi connectivity index (χ3n) is 3.91. The van der Waals surface area contributed by atoms with Gasteiger partial charge in [-0.2, -0.15) is 0 Å². The Kier molecular flexibility index (Phi) is 6.45. The standard InChI is InChI=1S/C14H24N2O5/c1-10(2)11-4-3-6-15(7-5-11)14(21)16(8-12(17)18)9-13(19)20/h10-11H,3-9H2,1-2H3,(H,17,18)(H,19,20). The number of carbonyl (C=O) groups is 3. The summed E-state index contributed by atoms with van der Waals surface area (Å²) < 4.78 is 0. The summed E-state index contributed by atoms with van der Waals surface area (Å²) in [4.78, 5) is 36.3. The van der Waals surface area contributed by atoms with Gasteiger partial charge in [-0.25, -0.2) is 4.79 Å². The van der Waals surface area contributed by atoms with E-state index in [4.69, 9.17) is 10.2 Å². The van der Waals surface area contributed by atoms with Crippen molar-refractivity contribution in [1.29, 1.82) is 0 Å². The number of nitrogens with zero attached hydrogens (tertiary/aromatic N) is 2. The van der Waals surface area contributed by atoms with E-state index in [0.29, 0.717) is 24.9 Å². The van der Waals surface area contributed by atoms with Gasteiger partial charge in [0.2, 0.25) is 0 Å². The van der Waals surface area contributed by atoms with Crippen LogP contribution < -0.4 is 0 Å². The molecule has 0 saturated carbocycles. The molecule has 0 aromatic rings. The summed E-state index contributed by atoms with van der Waals surface area (Å²) in [5, 5.41) is 17.6. The van der Waals surface area contributed by atoms with Crippen molar-refractivity contribution < 1.29 is 24.6 Å². The SMILES string of the molecule is CC(C)C1CCCN(C(=O)N(CC(=O)O)CC(=O)O)CC1. The lowest BCUT2D eigenvalue weighted by molar-refractivity contribution is -0.140. The number of urea groups is 1. The van der Waals surface area contributed by atoms with Gasteiger partial charge in [-0.05, 0) is 31.1 Å². The first-order valence-electron chi connectivity index (χ1n) is 7.28. The van der Waals surface area contributed by atoms with E-state index in [1.54, 1.807) is 4.90 Å². The Morgan fingerprint density at radius 3 is 2.14 bits per heavy atom. The van der Waals surface area contributed by atoms with Crippen LogP contribution >= 0.6 is 0 Å². The molecule has 0 radical (unpaired) electrons. The average molecular weight is 300 g/mol. The molecule has 1 heterocycles. The van der Waals surface area contributed by atoms with Crippen LogP contribution in [0.15, 0.2) is 0 Å². The fourth-order valence-electron chi connectivity index (χ4n) is 2.70. The number of hydrogen-bond acceptors (Lipinski definition) is 3. The molecule has 0 spiro atoms. The van der Waals surface area contributed by atoms with E-state index in [9.17, 15) is 14.4 Å². The van der Waals surface area contributed by atoms with Crippen molar-refractivity contribution in [1.82, 2.24) is 9.80 Å². The molecular weight excluding hydrogens is 276 g/mol. The molecule has 1 saturated heterocycles. The van der Waals surface area contributed by atoms with Gasteiger partial charge >= 0.3 is 18.0 Å². The lowest BCUT2D eigenvalue weighted by atomic mass is 9.89. The van der Waals surface area contributed by atoms with E-state index in [0.717, 1.165) is 24.2 Å². The molecule has 1 unspecified atom stereocenters. The van der Waals surface area contributed by atoms with Crippen LogP contribution in [0.2, 0.25) is 0 Å². The Morgan fingerprint density at radius 1 is 1.10 bits per heavy atom. The van der Waals surface area contributed by atoms with Gasteiger partial charge in [-0.15, -0.1) is 0 Å². The highest BCUT2D eigenvalue weighted by Gasteiger charge is 2.27. The zero-order valence-corrected chi connectivity index (χ0v) is 12.6. The number of likely N-dealkylation sites (tertiary alicyclic amines) is 1. The maximum Gasteiger partial charge on any atom is 0.323 e. The molecule has 21 heavy (non-hydrogen) atoms. The minimum absolute atomic E-state index is 0.496. The quantitative estimate of drug-likeness (QED) is 0.798. The van der Waals surface area contributed by atoms with Gasteiger partial charge in [0.25, 0.3) is 0 Å². The lowest BCUT2D eigenvalue weighted by Gasteiger charge is -2.28. The zero-order valence-electron chi connectivity index (χ0n) is 12.6. The smallest absolute Gasteiger partial charge is 0.323 e. The summed E-state index contributed by atoms with van der Waals surface area (Å²) >= 11 is 0. The van der Waals surface area contributed by atoms with Crippen molar-refractivity contribution in [2.75, 3.05) is 26.2 Å². The normalized spacial score (nSPS) is 19.2. The fraction of sp³-hybridized carbons (Fsp3) is 0.786. The average Bonchev–Trinajstić information content (AvgIpc) is 2.61. The molecular formula is C14H24N2O5. The highest BCUT2D eigenvalue weighted by Crippen LogP contribution is 2.24. The lowest BCUT2D eigenvalue weighted by Crippen LogP contribution is -2.47. The van der Waals surface area contributed by atoms with Crippen LogP contribution in [0.4, 0.5) is 4.79 Å². The van der Waals surface area contributed by atoms with E-state index in [1.165, 1.54) is 0 Å². The first-order chi connectivity index (χ1) is 9.81. The molecule has 0 aromatic carbocycles. The van der Waals surface area contributed by atoms with E-state index >= 15 is 0 Å². The number of amides is 2. The summed E-state index contributed by atoms with van der Waals surface area (Å²) in [6, 6.07) is -0.496. The van der Waals surface area contributed by atoms with Gasteiger partial charge in [0, 0.05) is 13.1 Å². The Labute approximate surface area is 124 Å². The predicted octanol–water partition coefficient (Wildman–Crippen LogP) is 1.34. The molecule has 0 aliphatic carbocycles. The molecule has 0 aromatic heterocycles. The third kappa shape index (κ3) is 5.61. The first kappa shape index (κ1) is 17.3. The maximum absolute atomic E-state index is 12.3. The van der Waals surface area contributed by atoms with Crippen molar-refractivity contribution in [2.24, 2.45) is 11.8 Å².